The molecule has 1 fully saturated rings. The molecule has 0 amide bonds. The van der Waals surface area contributed by atoms with Gasteiger partial charge in [-0.25, -0.2) is 0 Å². The molecule has 1 rings (SSSR count). The molecule has 0 spiro atoms. The number of unbranched alkanes of at least 4 members (excludes halogenated alkanes) is 1. The first-order valence-electron chi connectivity index (χ1n) is 11.9. The second-order valence-corrected chi connectivity index (χ2v) is 9.02. The van der Waals surface area contributed by atoms with Crippen LogP contribution in [0.1, 0.15) is 52.4 Å². The van der Waals surface area contributed by atoms with Crippen molar-refractivity contribution in [2.24, 2.45) is 5.73 Å². The van der Waals surface area contributed by atoms with Gasteiger partial charge in [-0.1, -0.05) is 6.42 Å². The van der Waals surface area contributed by atoms with Crippen LogP contribution >= 0.6 is 0 Å². The largest absolute Gasteiger partial charge is 0.480 e. The summed E-state index contributed by atoms with van der Waals surface area (Å²) < 4.78 is 0. The molecule has 0 aromatic heterocycles. The minimum atomic E-state index is -1.25. The van der Waals surface area contributed by atoms with E-state index in [-0.39, 0.29) is 32.4 Å². The van der Waals surface area contributed by atoms with Gasteiger partial charge in [-0.3, -0.25) is 33.8 Å². The number of rotatable bonds is 18. The Morgan fingerprint density at radius 1 is 0.889 bits per heavy atom. The summed E-state index contributed by atoms with van der Waals surface area (Å²) >= 11 is 0. The quantitative estimate of drug-likeness (QED) is 0.110. The van der Waals surface area contributed by atoms with Crippen molar-refractivity contribution in [3.8, 4) is 0 Å². The summed E-state index contributed by atoms with van der Waals surface area (Å²) in [6.45, 7) is 2.84. The molecule has 206 valence electrons. The van der Waals surface area contributed by atoms with Crippen LogP contribution in [0.3, 0.4) is 0 Å². The summed E-state index contributed by atoms with van der Waals surface area (Å²) in [6.07, 6.45) is 1.70. The standard InChI is InChI=1S/C22H38N4O10/c1-12(18(27)28)25(13(2)19(29)30)10-8-15(20(31)32)24-11-14-6-7-17(22(35)36)26(14)16(21(33)34)5-3-4-9-23/h12-17,24H,3-11,23H2,1-2H3,(H,27,28)(H,29,30)(H,31,32)(H,33,34)(H,35,36). The number of carboxylic acid groups (broad SMARTS) is 5. The fraction of sp³-hybridized carbons (Fsp3) is 0.773. The topological polar surface area (TPSA) is 231 Å². The van der Waals surface area contributed by atoms with Gasteiger partial charge in [0.25, 0.3) is 0 Å². The number of nitrogens with two attached hydrogens (primary N) is 1. The van der Waals surface area contributed by atoms with E-state index in [0.29, 0.717) is 25.8 Å². The zero-order chi connectivity index (χ0) is 27.6. The molecule has 1 saturated heterocycles. The Morgan fingerprint density at radius 3 is 1.92 bits per heavy atom. The van der Waals surface area contributed by atoms with Crippen LogP contribution in [-0.4, -0.2) is 121 Å². The number of hydrogen-bond donors (Lipinski definition) is 7. The van der Waals surface area contributed by atoms with Crippen molar-refractivity contribution >= 4 is 29.8 Å². The van der Waals surface area contributed by atoms with E-state index in [1.165, 1.54) is 23.6 Å². The summed E-state index contributed by atoms with van der Waals surface area (Å²) in [5, 5.41) is 50.5. The maximum Gasteiger partial charge on any atom is 0.320 e. The Kier molecular flexibility index (Phi) is 12.7. The van der Waals surface area contributed by atoms with Crippen molar-refractivity contribution in [2.75, 3.05) is 19.6 Å². The van der Waals surface area contributed by atoms with Gasteiger partial charge in [0.1, 0.15) is 30.2 Å². The highest BCUT2D eigenvalue weighted by molar-refractivity contribution is 5.78. The molecule has 1 aliphatic rings. The van der Waals surface area contributed by atoms with Gasteiger partial charge in [0.15, 0.2) is 0 Å². The molecule has 36 heavy (non-hydrogen) atoms. The second-order valence-electron chi connectivity index (χ2n) is 9.02. The monoisotopic (exact) mass is 518 g/mol. The van der Waals surface area contributed by atoms with Crippen molar-refractivity contribution in [1.82, 2.24) is 15.1 Å². The van der Waals surface area contributed by atoms with E-state index >= 15 is 0 Å². The van der Waals surface area contributed by atoms with E-state index in [0.717, 1.165) is 0 Å². The number of carboxylic acids is 5. The van der Waals surface area contributed by atoms with Gasteiger partial charge in [-0.05, 0) is 52.5 Å². The van der Waals surface area contributed by atoms with Gasteiger partial charge < -0.3 is 36.6 Å². The molecule has 1 aliphatic heterocycles. The highest BCUT2D eigenvalue weighted by atomic mass is 16.4. The minimum absolute atomic E-state index is 0.00954. The number of likely N-dealkylation sites (tertiary alicyclic amines) is 1. The lowest BCUT2D eigenvalue weighted by Crippen LogP contribution is -2.55. The van der Waals surface area contributed by atoms with Gasteiger partial charge in [0, 0.05) is 19.1 Å². The molecular weight excluding hydrogens is 480 g/mol. The second kappa shape index (κ2) is 14.7. The first kappa shape index (κ1) is 31.2. The van der Waals surface area contributed by atoms with Gasteiger partial charge >= 0.3 is 29.8 Å². The summed E-state index contributed by atoms with van der Waals surface area (Å²) in [5.74, 6) is -6.07. The van der Waals surface area contributed by atoms with Crippen molar-refractivity contribution in [1.29, 1.82) is 0 Å². The molecule has 0 aromatic rings. The third kappa shape index (κ3) is 8.69. The van der Waals surface area contributed by atoms with E-state index in [1.807, 2.05) is 0 Å². The Hall–Kier alpha value is -2.81. The lowest BCUT2D eigenvalue weighted by molar-refractivity contribution is -0.152. The van der Waals surface area contributed by atoms with Crippen LogP contribution in [0.25, 0.3) is 0 Å². The van der Waals surface area contributed by atoms with E-state index in [4.69, 9.17) is 5.73 Å². The first-order chi connectivity index (χ1) is 16.8. The Bertz CT molecular complexity index is 775. The molecule has 1 heterocycles. The van der Waals surface area contributed by atoms with Crippen molar-refractivity contribution in [3.63, 3.8) is 0 Å². The molecule has 8 N–H and O–H groups in total. The lowest BCUT2D eigenvalue weighted by atomic mass is 10.0. The molecule has 14 nitrogen and oxygen atoms in total. The van der Waals surface area contributed by atoms with Gasteiger partial charge in [-0.2, -0.15) is 0 Å². The maximum absolute atomic E-state index is 12.0. The van der Waals surface area contributed by atoms with E-state index in [2.05, 4.69) is 5.32 Å². The van der Waals surface area contributed by atoms with Crippen LogP contribution in [0.4, 0.5) is 0 Å². The van der Waals surface area contributed by atoms with Crippen molar-refractivity contribution in [3.05, 3.63) is 0 Å². The zero-order valence-electron chi connectivity index (χ0n) is 20.6. The predicted octanol–water partition coefficient (Wildman–Crippen LogP) is -0.833. The summed E-state index contributed by atoms with van der Waals surface area (Å²) in [7, 11) is 0. The molecule has 6 unspecified atom stereocenters. The zero-order valence-corrected chi connectivity index (χ0v) is 20.6. The Morgan fingerprint density at radius 2 is 1.47 bits per heavy atom. The average Bonchev–Trinajstić information content (AvgIpc) is 3.21. The van der Waals surface area contributed by atoms with Gasteiger partial charge in [-0.15, -0.1) is 0 Å². The summed E-state index contributed by atoms with van der Waals surface area (Å²) in [4.78, 5) is 61.0. The molecular formula is C22H38N4O10. The first-order valence-corrected chi connectivity index (χ1v) is 11.9. The average molecular weight is 519 g/mol. The molecule has 0 aromatic carbocycles. The normalized spacial score (nSPS) is 21.6. The van der Waals surface area contributed by atoms with Crippen molar-refractivity contribution < 1.29 is 49.5 Å². The number of nitrogens with one attached hydrogen (secondary N) is 1. The molecule has 0 aliphatic carbocycles. The molecule has 6 atom stereocenters. The number of aliphatic carboxylic acids is 5. The van der Waals surface area contributed by atoms with Crippen molar-refractivity contribution in [2.45, 2.75) is 88.6 Å². The van der Waals surface area contributed by atoms with Crippen LogP contribution in [0.5, 0.6) is 0 Å². The molecule has 0 saturated carbocycles. The third-order valence-electron chi connectivity index (χ3n) is 6.70. The lowest BCUT2D eigenvalue weighted by Gasteiger charge is -2.34. The van der Waals surface area contributed by atoms with E-state index in [9.17, 15) is 49.5 Å². The predicted molar refractivity (Wildman–Crippen MR) is 126 cm³/mol. The smallest absolute Gasteiger partial charge is 0.320 e. The Balaban J connectivity index is 2.99. The number of hydrogen-bond acceptors (Lipinski definition) is 9. The molecule has 14 heteroatoms. The Labute approximate surface area is 209 Å². The molecule has 0 radical (unpaired) electrons. The molecule has 0 bridgehead atoms. The van der Waals surface area contributed by atoms with E-state index < -0.39 is 66.1 Å². The number of nitrogens with zero attached hydrogens (tertiary/aromatic N) is 2. The van der Waals surface area contributed by atoms with Crippen LogP contribution < -0.4 is 11.1 Å². The summed E-state index contributed by atoms with van der Waals surface area (Å²) in [6, 6.07) is -6.19. The highest BCUT2D eigenvalue weighted by Gasteiger charge is 2.44. The fourth-order valence-electron chi connectivity index (χ4n) is 4.59. The number of carbonyl (C=O) groups is 5. The fourth-order valence-corrected chi connectivity index (χ4v) is 4.59. The van der Waals surface area contributed by atoms with E-state index in [1.54, 1.807) is 0 Å². The van der Waals surface area contributed by atoms with Crippen LogP contribution in [0.2, 0.25) is 0 Å². The summed E-state index contributed by atoms with van der Waals surface area (Å²) in [5.41, 5.74) is 5.49. The minimum Gasteiger partial charge on any atom is -0.480 e. The van der Waals surface area contributed by atoms with Gasteiger partial charge in [0.05, 0.1) is 0 Å². The third-order valence-corrected chi connectivity index (χ3v) is 6.70. The highest BCUT2D eigenvalue weighted by Crippen LogP contribution is 2.29. The maximum atomic E-state index is 12.0. The van der Waals surface area contributed by atoms with Gasteiger partial charge in [0.2, 0.25) is 0 Å². The SMILES string of the molecule is CC(C(=O)O)N(CCC(NCC1CCC(C(=O)O)N1C(CCCCN)C(=O)O)C(=O)O)C(C)C(=O)O. The van der Waals surface area contributed by atoms with Crippen LogP contribution in [-0.2, 0) is 24.0 Å². The van der Waals surface area contributed by atoms with Crippen LogP contribution in [0.15, 0.2) is 0 Å². The van der Waals surface area contributed by atoms with Crippen LogP contribution in [0, 0.1) is 0 Å².